The zero-order valence-electron chi connectivity index (χ0n) is 10.4. The van der Waals surface area contributed by atoms with E-state index in [1.165, 1.54) is 0 Å². The predicted molar refractivity (Wildman–Crippen MR) is 74.6 cm³/mol. The molecule has 0 spiro atoms. The Hall–Kier alpha value is -2.07. The van der Waals surface area contributed by atoms with Crippen LogP contribution in [0.15, 0.2) is 42.9 Å². The van der Waals surface area contributed by atoms with Crippen LogP contribution in [0.1, 0.15) is 5.56 Å². The first-order valence-corrected chi connectivity index (χ1v) is 6.23. The average Bonchev–Trinajstić information content (AvgIpc) is 2.84. The number of halogens is 1. The van der Waals surface area contributed by atoms with E-state index in [4.69, 9.17) is 16.3 Å². The fourth-order valence-electron chi connectivity index (χ4n) is 1.96. The minimum absolute atomic E-state index is 0.575. The molecule has 0 atom stereocenters. The third-order valence-electron chi connectivity index (χ3n) is 2.92. The topological polar surface area (TPSA) is 39.9 Å². The quantitative estimate of drug-likeness (QED) is 0.736. The van der Waals surface area contributed by atoms with Gasteiger partial charge in [-0.15, -0.1) is 0 Å². The van der Waals surface area contributed by atoms with Gasteiger partial charge in [-0.25, -0.2) is 0 Å². The first-order valence-electron chi connectivity index (χ1n) is 5.86. The van der Waals surface area contributed by atoms with Crippen LogP contribution < -0.4 is 4.74 Å². The zero-order valence-corrected chi connectivity index (χ0v) is 11.1. The van der Waals surface area contributed by atoms with Crippen molar-refractivity contribution >= 4 is 22.5 Å². The maximum atomic E-state index is 6.06. The molecule has 96 valence electrons. The van der Waals surface area contributed by atoms with Gasteiger partial charge in [-0.1, -0.05) is 23.7 Å². The highest BCUT2D eigenvalue weighted by molar-refractivity contribution is 6.34. The van der Waals surface area contributed by atoms with Gasteiger partial charge in [-0.05, 0) is 17.7 Å². The molecule has 0 bridgehead atoms. The van der Waals surface area contributed by atoms with Crippen molar-refractivity contribution in [2.75, 3.05) is 7.11 Å². The Morgan fingerprint density at radius 1 is 1.21 bits per heavy atom. The van der Waals surface area contributed by atoms with E-state index in [0.717, 1.165) is 22.2 Å². The monoisotopic (exact) mass is 273 g/mol. The summed E-state index contributed by atoms with van der Waals surface area (Å²) in [5.41, 5.74) is 1.93. The van der Waals surface area contributed by atoms with Crippen LogP contribution in [0, 0.1) is 0 Å². The molecule has 1 aromatic carbocycles. The van der Waals surface area contributed by atoms with Crippen LogP contribution in [0.2, 0.25) is 5.02 Å². The number of hydrogen-bond donors (Lipinski definition) is 0. The van der Waals surface area contributed by atoms with E-state index < -0.39 is 0 Å². The number of aromatic nitrogens is 3. The third kappa shape index (κ3) is 2.39. The SMILES string of the molecule is COc1ccc(Cn2cc3cncc(Cl)c3n2)cc1. The maximum Gasteiger partial charge on any atom is 0.118 e. The van der Waals surface area contributed by atoms with Gasteiger partial charge in [0.05, 0.1) is 18.7 Å². The summed E-state index contributed by atoms with van der Waals surface area (Å²) in [7, 11) is 1.66. The molecule has 5 heteroatoms. The molecule has 0 fully saturated rings. The number of rotatable bonds is 3. The molecular formula is C14H12ClN3O. The van der Waals surface area contributed by atoms with Crippen molar-refractivity contribution in [2.45, 2.75) is 6.54 Å². The van der Waals surface area contributed by atoms with E-state index in [2.05, 4.69) is 10.1 Å². The fourth-order valence-corrected chi connectivity index (χ4v) is 2.16. The molecule has 3 aromatic rings. The van der Waals surface area contributed by atoms with E-state index in [1.807, 2.05) is 35.1 Å². The lowest BCUT2D eigenvalue weighted by Crippen LogP contribution is -1.99. The molecular weight excluding hydrogens is 262 g/mol. The van der Waals surface area contributed by atoms with Gasteiger partial charge in [-0.3, -0.25) is 9.67 Å². The van der Waals surface area contributed by atoms with Gasteiger partial charge in [-0.2, -0.15) is 5.10 Å². The standard InChI is InChI=1S/C14H12ClN3O/c1-19-12-4-2-10(3-5-12)8-18-9-11-6-16-7-13(15)14(11)17-18/h2-7,9H,8H2,1H3. The van der Waals surface area contributed by atoms with Crippen molar-refractivity contribution in [1.82, 2.24) is 14.8 Å². The van der Waals surface area contributed by atoms with Crippen LogP contribution in [0.4, 0.5) is 0 Å². The summed E-state index contributed by atoms with van der Waals surface area (Å²) < 4.78 is 7.00. The molecule has 4 nitrogen and oxygen atoms in total. The second-order valence-corrected chi connectivity index (χ2v) is 4.64. The van der Waals surface area contributed by atoms with E-state index in [1.54, 1.807) is 19.5 Å². The molecule has 19 heavy (non-hydrogen) atoms. The molecule has 0 aliphatic rings. The van der Waals surface area contributed by atoms with Gasteiger partial charge in [0, 0.05) is 24.0 Å². The van der Waals surface area contributed by atoms with E-state index >= 15 is 0 Å². The zero-order chi connectivity index (χ0) is 13.2. The average molecular weight is 274 g/mol. The highest BCUT2D eigenvalue weighted by Gasteiger charge is 2.05. The van der Waals surface area contributed by atoms with Crippen molar-refractivity contribution in [3.8, 4) is 5.75 Å². The molecule has 0 amide bonds. The van der Waals surface area contributed by atoms with Crippen molar-refractivity contribution in [3.05, 3.63) is 53.4 Å². The third-order valence-corrected chi connectivity index (χ3v) is 3.20. The summed E-state index contributed by atoms with van der Waals surface area (Å²) in [4.78, 5) is 4.05. The second kappa shape index (κ2) is 4.90. The van der Waals surface area contributed by atoms with E-state index in [0.29, 0.717) is 11.6 Å². The van der Waals surface area contributed by atoms with Crippen LogP contribution in [0.25, 0.3) is 10.9 Å². The molecule has 0 saturated heterocycles. The number of ether oxygens (including phenoxy) is 1. The number of benzene rings is 1. The van der Waals surface area contributed by atoms with Crippen LogP contribution >= 0.6 is 11.6 Å². The van der Waals surface area contributed by atoms with Crippen molar-refractivity contribution in [1.29, 1.82) is 0 Å². The summed E-state index contributed by atoms with van der Waals surface area (Å²) >= 11 is 6.06. The normalized spacial score (nSPS) is 10.8. The lowest BCUT2D eigenvalue weighted by molar-refractivity contribution is 0.414. The molecule has 2 aromatic heterocycles. The van der Waals surface area contributed by atoms with Gasteiger partial charge in [0.25, 0.3) is 0 Å². The van der Waals surface area contributed by atoms with Crippen LogP contribution in [0.5, 0.6) is 5.75 Å². The van der Waals surface area contributed by atoms with Crippen LogP contribution in [-0.4, -0.2) is 21.9 Å². The molecule has 0 saturated carbocycles. The number of nitrogens with zero attached hydrogens (tertiary/aromatic N) is 3. The molecule has 0 unspecified atom stereocenters. The molecule has 2 heterocycles. The van der Waals surface area contributed by atoms with Gasteiger partial charge >= 0.3 is 0 Å². The smallest absolute Gasteiger partial charge is 0.118 e. The molecule has 0 N–H and O–H groups in total. The number of hydrogen-bond acceptors (Lipinski definition) is 3. The lowest BCUT2D eigenvalue weighted by Gasteiger charge is -2.03. The molecule has 0 aliphatic carbocycles. The maximum absolute atomic E-state index is 6.06. The Kier molecular flexibility index (Phi) is 3.09. The lowest BCUT2D eigenvalue weighted by atomic mass is 10.2. The summed E-state index contributed by atoms with van der Waals surface area (Å²) in [5.74, 6) is 0.849. The van der Waals surface area contributed by atoms with Crippen LogP contribution in [0.3, 0.4) is 0 Å². The molecule has 3 rings (SSSR count). The molecule has 0 aliphatic heterocycles. The van der Waals surface area contributed by atoms with Gasteiger partial charge in [0.1, 0.15) is 11.3 Å². The molecule has 0 radical (unpaired) electrons. The van der Waals surface area contributed by atoms with E-state index in [-0.39, 0.29) is 0 Å². The summed E-state index contributed by atoms with van der Waals surface area (Å²) in [5, 5.41) is 5.98. The number of fused-ring (bicyclic) bond motifs is 1. The summed E-state index contributed by atoms with van der Waals surface area (Å²) in [6, 6.07) is 7.91. The van der Waals surface area contributed by atoms with Crippen molar-refractivity contribution in [2.24, 2.45) is 0 Å². The number of pyridine rings is 1. The minimum Gasteiger partial charge on any atom is -0.497 e. The van der Waals surface area contributed by atoms with Gasteiger partial charge in [0.2, 0.25) is 0 Å². The Morgan fingerprint density at radius 2 is 2.00 bits per heavy atom. The van der Waals surface area contributed by atoms with Gasteiger partial charge in [0.15, 0.2) is 0 Å². The summed E-state index contributed by atoms with van der Waals surface area (Å²) in [6.07, 6.45) is 5.31. The largest absolute Gasteiger partial charge is 0.497 e. The Balaban J connectivity index is 1.90. The summed E-state index contributed by atoms with van der Waals surface area (Å²) in [6.45, 7) is 0.689. The van der Waals surface area contributed by atoms with E-state index in [9.17, 15) is 0 Å². The predicted octanol–water partition coefficient (Wildman–Crippen LogP) is 3.14. The highest BCUT2D eigenvalue weighted by atomic mass is 35.5. The Labute approximate surface area is 115 Å². The fraction of sp³-hybridized carbons (Fsp3) is 0.143. The second-order valence-electron chi connectivity index (χ2n) is 4.23. The Morgan fingerprint density at radius 3 is 2.68 bits per heavy atom. The van der Waals surface area contributed by atoms with Gasteiger partial charge < -0.3 is 4.74 Å². The Bertz CT molecular complexity index is 706. The van der Waals surface area contributed by atoms with Crippen LogP contribution in [-0.2, 0) is 6.54 Å². The number of methoxy groups -OCH3 is 1. The highest BCUT2D eigenvalue weighted by Crippen LogP contribution is 2.20. The first-order chi connectivity index (χ1) is 9.26. The minimum atomic E-state index is 0.575. The first kappa shape index (κ1) is 12.0. The van der Waals surface area contributed by atoms with Crippen molar-refractivity contribution < 1.29 is 4.74 Å². The van der Waals surface area contributed by atoms with Crippen molar-refractivity contribution in [3.63, 3.8) is 0 Å².